The van der Waals surface area contributed by atoms with Crippen molar-refractivity contribution in [1.82, 2.24) is 0 Å². The van der Waals surface area contributed by atoms with Crippen molar-refractivity contribution in [2.75, 3.05) is 14.2 Å². The van der Waals surface area contributed by atoms with Crippen molar-refractivity contribution >= 4 is 11.6 Å². The molecule has 17 heavy (non-hydrogen) atoms. The number of ether oxygens (including phenoxy) is 2. The standard InChI is InChI=1S/C13H19ClO3/c1-9-5-6-10(7-11(9)14)13(2,15)8-12(16-3)17-4/h5-7,12,15H,8H2,1-4H3. The van der Waals surface area contributed by atoms with Crippen LogP contribution in [0.25, 0.3) is 0 Å². The van der Waals surface area contributed by atoms with Crippen molar-refractivity contribution in [3.8, 4) is 0 Å². The summed E-state index contributed by atoms with van der Waals surface area (Å²) < 4.78 is 10.2. The Morgan fingerprint density at radius 1 is 1.35 bits per heavy atom. The zero-order chi connectivity index (χ0) is 13.1. The Labute approximate surface area is 107 Å². The van der Waals surface area contributed by atoms with Gasteiger partial charge in [0.2, 0.25) is 0 Å². The monoisotopic (exact) mass is 258 g/mol. The molecule has 0 fully saturated rings. The molecule has 0 aliphatic rings. The highest BCUT2D eigenvalue weighted by molar-refractivity contribution is 6.31. The van der Waals surface area contributed by atoms with Crippen LogP contribution in [0.5, 0.6) is 0 Å². The Bertz CT molecular complexity index is 373. The number of methoxy groups -OCH3 is 2. The average Bonchev–Trinajstić information content (AvgIpc) is 2.29. The summed E-state index contributed by atoms with van der Waals surface area (Å²) in [5.74, 6) is 0. The summed E-state index contributed by atoms with van der Waals surface area (Å²) in [6.45, 7) is 3.65. The van der Waals surface area contributed by atoms with Gasteiger partial charge in [0.25, 0.3) is 0 Å². The second-order valence-corrected chi connectivity index (χ2v) is 4.75. The summed E-state index contributed by atoms with van der Waals surface area (Å²) in [7, 11) is 3.10. The molecule has 0 radical (unpaired) electrons. The second-order valence-electron chi connectivity index (χ2n) is 4.34. The Morgan fingerprint density at radius 3 is 2.41 bits per heavy atom. The summed E-state index contributed by atoms with van der Waals surface area (Å²) in [4.78, 5) is 0. The summed E-state index contributed by atoms with van der Waals surface area (Å²) in [5, 5.41) is 11.1. The van der Waals surface area contributed by atoms with E-state index < -0.39 is 11.9 Å². The van der Waals surface area contributed by atoms with E-state index in [4.69, 9.17) is 21.1 Å². The lowest BCUT2D eigenvalue weighted by Crippen LogP contribution is -2.29. The van der Waals surface area contributed by atoms with Gasteiger partial charge in [-0.15, -0.1) is 0 Å². The minimum Gasteiger partial charge on any atom is -0.385 e. The number of aryl methyl sites for hydroxylation is 1. The van der Waals surface area contributed by atoms with Crippen LogP contribution >= 0.6 is 11.6 Å². The molecule has 0 heterocycles. The SMILES string of the molecule is COC(CC(C)(O)c1ccc(C)c(Cl)c1)OC. The van der Waals surface area contributed by atoms with Gasteiger partial charge in [-0.25, -0.2) is 0 Å². The molecule has 0 bridgehead atoms. The topological polar surface area (TPSA) is 38.7 Å². The lowest BCUT2D eigenvalue weighted by atomic mass is 9.91. The van der Waals surface area contributed by atoms with Crippen LogP contribution in [0.4, 0.5) is 0 Å². The number of hydrogen-bond donors (Lipinski definition) is 1. The van der Waals surface area contributed by atoms with Gasteiger partial charge in [0.15, 0.2) is 6.29 Å². The normalized spacial score (nSPS) is 15.0. The van der Waals surface area contributed by atoms with Crippen LogP contribution < -0.4 is 0 Å². The predicted octanol–water partition coefficient (Wildman–Crippen LogP) is 2.86. The van der Waals surface area contributed by atoms with Crippen LogP contribution in [-0.2, 0) is 15.1 Å². The van der Waals surface area contributed by atoms with Gasteiger partial charge >= 0.3 is 0 Å². The minimum absolute atomic E-state index is 0.347. The zero-order valence-electron chi connectivity index (χ0n) is 10.7. The van der Waals surface area contributed by atoms with Crippen LogP contribution in [0.2, 0.25) is 5.02 Å². The molecule has 1 N–H and O–H groups in total. The highest BCUT2D eigenvalue weighted by Gasteiger charge is 2.28. The van der Waals surface area contributed by atoms with Crippen LogP contribution in [0.3, 0.4) is 0 Å². The second kappa shape index (κ2) is 5.83. The number of halogens is 1. The Hall–Kier alpha value is -0.610. The van der Waals surface area contributed by atoms with Gasteiger partial charge in [-0.2, -0.15) is 0 Å². The van der Waals surface area contributed by atoms with Gasteiger partial charge in [0.05, 0.1) is 5.60 Å². The molecule has 0 amide bonds. The highest BCUT2D eigenvalue weighted by Crippen LogP contribution is 2.30. The lowest BCUT2D eigenvalue weighted by Gasteiger charge is -2.27. The molecule has 1 aromatic carbocycles. The van der Waals surface area contributed by atoms with Crippen LogP contribution in [0, 0.1) is 6.92 Å². The molecule has 0 saturated carbocycles. The maximum atomic E-state index is 10.4. The Morgan fingerprint density at radius 2 is 1.94 bits per heavy atom. The summed E-state index contributed by atoms with van der Waals surface area (Å²) >= 11 is 6.05. The van der Waals surface area contributed by atoms with E-state index in [-0.39, 0.29) is 0 Å². The van der Waals surface area contributed by atoms with Gasteiger partial charge in [-0.3, -0.25) is 0 Å². The molecule has 3 nitrogen and oxygen atoms in total. The molecule has 0 aliphatic carbocycles. The Balaban J connectivity index is 2.91. The minimum atomic E-state index is -1.03. The van der Waals surface area contributed by atoms with E-state index in [9.17, 15) is 5.11 Å². The van der Waals surface area contributed by atoms with Gasteiger partial charge in [0.1, 0.15) is 0 Å². The van der Waals surface area contributed by atoms with Crippen molar-refractivity contribution in [3.05, 3.63) is 34.3 Å². The van der Waals surface area contributed by atoms with E-state index in [1.54, 1.807) is 27.2 Å². The molecule has 1 rings (SSSR count). The molecule has 0 aliphatic heterocycles. The van der Waals surface area contributed by atoms with Gasteiger partial charge in [-0.1, -0.05) is 23.7 Å². The molecule has 1 atom stereocenters. The molecule has 0 saturated heterocycles. The third-order valence-corrected chi connectivity index (χ3v) is 3.29. The average molecular weight is 259 g/mol. The van der Waals surface area contributed by atoms with Crippen molar-refractivity contribution in [3.63, 3.8) is 0 Å². The van der Waals surface area contributed by atoms with E-state index in [0.29, 0.717) is 11.4 Å². The first-order valence-electron chi connectivity index (χ1n) is 5.45. The number of aliphatic hydroxyl groups is 1. The molecule has 1 unspecified atom stereocenters. The lowest BCUT2D eigenvalue weighted by molar-refractivity contribution is -0.142. The summed E-state index contributed by atoms with van der Waals surface area (Å²) in [6.07, 6.45) is -0.0931. The van der Waals surface area contributed by atoms with Gasteiger partial charge in [0, 0.05) is 25.7 Å². The zero-order valence-corrected chi connectivity index (χ0v) is 11.4. The van der Waals surface area contributed by atoms with Crippen LogP contribution in [-0.4, -0.2) is 25.6 Å². The van der Waals surface area contributed by atoms with E-state index in [0.717, 1.165) is 11.1 Å². The summed E-state index contributed by atoms with van der Waals surface area (Å²) in [5.41, 5.74) is 0.710. The number of hydrogen-bond acceptors (Lipinski definition) is 3. The van der Waals surface area contributed by atoms with Crippen molar-refractivity contribution in [2.24, 2.45) is 0 Å². The third kappa shape index (κ3) is 3.68. The molecule has 96 valence electrons. The number of benzene rings is 1. The fourth-order valence-electron chi connectivity index (χ4n) is 1.63. The molecule has 4 heteroatoms. The summed E-state index contributed by atoms with van der Waals surface area (Å²) in [6, 6.07) is 5.53. The first-order chi connectivity index (χ1) is 7.90. The fourth-order valence-corrected chi connectivity index (χ4v) is 1.81. The molecule has 1 aromatic rings. The van der Waals surface area contributed by atoms with E-state index >= 15 is 0 Å². The maximum Gasteiger partial charge on any atom is 0.159 e. The third-order valence-electron chi connectivity index (χ3n) is 2.88. The highest BCUT2D eigenvalue weighted by atomic mass is 35.5. The van der Waals surface area contributed by atoms with Crippen LogP contribution in [0.15, 0.2) is 18.2 Å². The van der Waals surface area contributed by atoms with E-state index in [1.165, 1.54) is 0 Å². The quantitative estimate of drug-likeness (QED) is 0.826. The van der Waals surface area contributed by atoms with Crippen molar-refractivity contribution in [2.45, 2.75) is 32.2 Å². The van der Waals surface area contributed by atoms with E-state index in [1.807, 2.05) is 19.1 Å². The van der Waals surface area contributed by atoms with E-state index in [2.05, 4.69) is 0 Å². The largest absolute Gasteiger partial charge is 0.385 e. The smallest absolute Gasteiger partial charge is 0.159 e. The molecular weight excluding hydrogens is 240 g/mol. The van der Waals surface area contributed by atoms with Crippen molar-refractivity contribution < 1.29 is 14.6 Å². The first-order valence-corrected chi connectivity index (χ1v) is 5.83. The van der Waals surface area contributed by atoms with Crippen LogP contribution in [0.1, 0.15) is 24.5 Å². The molecule has 0 aromatic heterocycles. The van der Waals surface area contributed by atoms with Gasteiger partial charge < -0.3 is 14.6 Å². The maximum absolute atomic E-state index is 10.4. The predicted molar refractivity (Wildman–Crippen MR) is 68.2 cm³/mol. The Kier molecular flexibility index (Phi) is 4.95. The molecule has 0 spiro atoms. The van der Waals surface area contributed by atoms with Crippen molar-refractivity contribution in [1.29, 1.82) is 0 Å². The fraction of sp³-hybridized carbons (Fsp3) is 0.538. The number of rotatable bonds is 5. The first kappa shape index (κ1) is 14.5. The molecular formula is C13H19ClO3. The van der Waals surface area contributed by atoms with Gasteiger partial charge in [-0.05, 0) is 31.0 Å².